The van der Waals surface area contributed by atoms with Crippen LogP contribution < -0.4 is 5.32 Å². The molecule has 26 heavy (non-hydrogen) atoms. The van der Waals surface area contributed by atoms with Gasteiger partial charge in [0, 0.05) is 11.9 Å². The van der Waals surface area contributed by atoms with Gasteiger partial charge < -0.3 is 10.2 Å². The highest BCUT2D eigenvalue weighted by molar-refractivity contribution is 5.89. The summed E-state index contributed by atoms with van der Waals surface area (Å²) in [6.45, 7) is 0.375. The summed E-state index contributed by atoms with van der Waals surface area (Å²) in [7, 11) is 3.75. The van der Waals surface area contributed by atoms with Gasteiger partial charge in [-0.15, -0.1) is 0 Å². The highest BCUT2D eigenvalue weighted by Crippen LogP contribution is 2.26. The number of nitrogens with one attached hydrogen (secondary N) is 1. The molecule has 1 unspecified atom stereocenters. The van der Waals surface area contributed by atoms with Crippen molar-refractivity contribution >= 4 is 16.7 Å². The number of nitrogens with zero attached hydrogens (tertiary/aromatic N) is 3. The van der Waals surface area contributed by atoms with Crippen molar-refractivity contribution in [1.82, 2.24) is 14.9 Å². The van der Waals surface area contributed by atoms with Crippen LogP contribution in [-0.2, 0) is 0 Å². The molecule has 0 saturated heterocycles. The van der Waals surface area contributed by atoms with Gasteiger partial charge in [-0.25, -0.2) is 23.1 Å². The molecule has 1 N–H and O–H groups in total. The summed E-state index contributed by atoms with van der Waals surface area (Å²) in [6, 6.07) is 13.2. The van der Waals surface area contributed by atoms with E-state index < -0.39 is 12.2 Å². The molecule has 0 amide bonds. The quantitative estimate of drug-likeness (QED) is 0.706. The number of anilines is 1. The third-order valence-corrected chi connectivity index (χ3v) is 4.14. The Kier molecular flexibility index (Phi) is 5.37. The summed E-state index contributed by atoms with van der Waals surface area (Å²) in [5, 5.41) is 3.79. The lowest BCUT2D eigenvalue weighted by Crippen LogP contribution is -2.27. The largest absolute Gasteiger partial charge is 0.368 e. The summed E-state index contributed by atoms with van der Waals surface area (Å²) in [6.07, 6.45) is -2.76. The second-order valence-corrected chi connectivity index (χ2v) is 6.16. The van der Waals surface area contributed by atoms with Crippen LogP contribution in [0.15, 0.2) is 48.5 Å². The van der Waals surface area contributed by atoms with E-state index in [0.29, 0.717) is 23.3 Å². The summed E-state index contributed by atoms with van der Waals surface area (Å²) in [5.41, 5.74) is 1.24. The minimum absolute atomic E-state index is 0.158. The number of hydrogen-bond donors (Lipinski definition) is 1. The van der Waals surface area contributed by atoms with Gasteiger partial charge in [0.15, 0.2) is 5.82 Å². The van der Waals surface area contributed by atoms with Crippen LogP contribution in [0.4, 0.5) is 19.0 Å². The summed E-state index contributed by atoms with van der Waals surface area (Å²) < 4.78 is 39.8. The molecule has 1 heterocycles. The van der Waals surface area contributed by atoms with E-state index in [1.807, 2.05) is 25.1 Å². The Morgan fingerprint density at radius 3 is 2.50 bits per heavy atom. The Hall–Kier alpha value is -2.67. The molecule has 1 atom stereocenters. The first-order chi connectivity index (χ1) is 12.5. The van der Waals surface area contributed by atoms with E-state index in [0.717, 1.165) is 5.56 Å². The van der Waals surface area contributed by atoms with Crippen LogP contribution >= 0.6 is 0 Å². The van der Waals surface area contributed by atoms with Gasteiger partial charge in [0.05, 0.1) is 11.6 Å². The van der Waals surface area contributed by atoms with Gasteiger partial charge in [-0.3, -0.25) is 0 Å². The molecule has 0 bridgehead atoms. The number of rotatable bonds is 6. The van der Waals surface area contributed by atoms with E-state index in [9.17, 15) is 13.2 Å². The zero-order valence-electron chi connectivity index (χ0n) is 14.5. The standard InChI is InChI=1S/C19H19F3N4/c1-26(2)16(12-6-5-7-13(20)10-12)11-23-18-14-8-3-4-9-15(14)24-19(25-18)17(21)22/h3-10,16-17H,11H2,1-2H3,(H,23,24,25). The first kappa shape index (κ1) is 18.1. The van der Waals surface area contributed by atoms with Crippen molar-refractivity contribution in [2.24, 2.45) is 0 Å². The lowest BCUT2D eigenvalue weighted by molar-refractivity contribution is 0.141. The molecular formula is C19H19F3N4. The number of hydrogen-bond acceptors (Lipinski definition) is 4. The maximum absolute atomic E-state index is 13.6. The third kappa shape index (κ3) is 3.94. The van der Waals surface area contributed by atoms with Crippen LogP contribution in [0.3, 0.4) is 0 Å². The Bertz CT molecular complexity index is 899. The van der Waals surface area contributed by atoms with Crippen LogP contribution in [0.5, 0.6) is 0 Å². The van der Waals surface area contributed by atoms with E-state index >= 15 is 0 Å². The molecule has 2 aromatic carbocycles. The summed E-state index contributed by atoms with van der Waals surface area (Å²) >= 11 is 0. The fraction of sp³-hybridized carbons (Fsp3) is 0.263. The molecule has 0 aliphatic carbocycles. The van der Waals surface area contributed by atoms with E-state index in [2.05, 4.69) is 15.3 Å². The molecule has 3 rings (SSSR count). The van der Waals surface area contributed by atoms with Crippen LogP contribution in [0.1, 0.15) is 23.9 Å². The van der Waals surface area contributed by atoms with Gasteiger partial charge >= 0.3 is 0 Å². The zero-order chi connectivity index (χ0) is 18.7. The smallest absolute Gasteiger partial charge is 0.297 e. The fourth-order valence-electron chi connectivity index (χ4n) is 2.83. The maximum Gasteiger partial charge on any atom is 0.297 e. The minimum Gasteiger partial charge on any atom is -0.368 e. The van der Waals surface area contributed by atoms with Crippen molar-refractivity contribution < 1.29 is 13.2 Å². The molecule has 3 aromatic rings. The number of para-hydroxylation sites is 1. The van der Waals surface area contributed by atoms with Crippen LogP contribution in [-0.4, -0.2) is 35.5 Å². The lowest BCUT2D eigenvalue weighted by Gasteiger charge is -2.25. The van der Waals surface area contributed by atoms with Crippen molar-refractivity contribution in [3.05, 3.63) is 65.7 Å². The number of likely N-dealkylation sites (N-methyl/N-ethyl adjacent to an activating group) is 1. The van der Waals surface area contributed by atoms with Gasteiger partial charge in [-0.1, -0.05) is 24.3 Å². The Morgan fingerprint density at radius 1 is 1.04 bits per heavy atom. The van der Waals surface area contributed by atoms with Crippen LogP contribution in [0.25, 0.3) is 10.9 Å². The van der Waals surface area contributed by atoms with Crippen LogP contribution in [0, 0.1) is 5.82 Å². The molecule has 0 aliphatic heterocycles. The highest BCUT2D eigenvalue weighted by atomic mass is 19.3. The van der Waals surface area contributed by atoms with Crippen molar-refractivity contribution in [3.8, 4) is 0 Å². The number of benzene rings is 2. The average molecular weight is 360 g/mol. The van der Waals surface area contributed by atoms with Crippen molar-refractivity contribution in [2.75, 3.05) is 26.0 Å². The topological polar surface area (TPSA) is 41.0 Å². The fourth-order valence-corrected chi connectivity index (χ4v) is 2.83. The molecule has 0 aliphatic rings. The Morgan fingerprint density at radius 2 is 1.81 bits per heavy atom. The molecule has 136 valence electrons. The van der Waals surface area contributed by atoms with Gasteiger partial charge in [0.1, 0.15) is 11.6 Å². The summed E-state index contributed by atoms with van der Waals surface area (Å²) in [5.74, 6) is -0.491. The molecule has 0 spiro atoms. The predicted molar refractivity (Wildman–Crippen MR) is 95.8 cm³/mol. The monoisotopic (exact) mass is 360 g/mol. The zero-order valence-corrected chi connectivity index (χ0v) is 14.5. The lowest BCUT2D eigenvalue weighted by atomic mass is 10.1. The molecule has 4 nitrogen and oxygen atoms in total. The maximum atomic E-state index is 13.6. The minimum atomic E-state index is -2.76. The average Bonchev–Trinajstić information content (AvgIpc) is 2.61. The summed E-state index contributed by atoms with van der Waals surface area (Å²) in [4.78, 5) is 9.81. The van der Waals surface area contributed by atoms with E-state index in [-0.39, 0.29) is 11.9 Å². The van der Waals surface area contributed by atoms with E-state index in [1.54, 1.807) is 30.3 Å². The first-order valence-electron chi connectivity index (χ1n) is 8.16. The van der Waals surface area contributed by atoms with Crippen molar-refractivity contribution in [1.29, 1.82) is 0 Å². The normalized spacial score (nSPS) is 12.7. The second-order valence-electron chi connectivity index (χ2n) is 6.16. The predicted octanol–water partition coefficient (Wildman–Crippen LogP) is 4.42. The van der Waals surface area contributed by atoms with Gasteiger partial charge in [0.25, 0.3) is 6.43 Å². The molecule has 1 aromatic heterocycles. The Labute approximate surface area is 149 Å². The van der Waals surface area contributed by atoms with E-state index in [1.165, 1.54) is 12.1 Å². The number of halogens is 3. The first-order valence-corrected chi connectivity index (χ1v) is 8.16. The van der Waals surface area contributed by atoms with Gasteiger partial charge in [0.2, 0.25) is 0 Å². The van der Waals surface area contributed by atoms with Gasteiger partial charge in [-0.05, 0) is 43.9 Å². The highest BCUT2D eigenvalue weighted by Gasteiger charge is 2.18. The molecule has 0 fully saturated rings. The molecule has 0 saturated carbocycles. The Balaban J connectivity index is 1.92. The van der Waals surface area contributed by atoms with Crippen LogP contribution in [0.2, 0.25) is 0 Å². The van der Waals surface area contributed by atoms with E-state index in [4.69, 9.17) is 0 Å². The third-order valence-electron chi connectivity index (χ3n) is 4.14. The van der Waals surface area contributed by atoms with Gasteiger partial charge in [-0.2, -0.15) is 0 Å². The molecule has 7 heteroatoms. The second kappa shape index (κ2) is 7.70. The van der Waals surface area contributed by atoms with Crippen molar-refractivity contribution in [3.63, 3.8) is 0 Å². The molecular weight excluding hydrogens is 341 g/mol. The number of alkyl halides is 2. The number of aromatic nitrogens is 2. The van der Waals surface area contributed by atoms with Crippen molar-refractivity contribution in [2.45, 2.75) is 12.5 Å². The number of fused-ring (bicyclic) bond motifs is 1. The SMILES string of the molecule is CN(C)C(CNc1nc(C(F)F)nc2ccccc12)c1cccc(F)c1. The molecule has 0 radical (unpaired) electrons.